The summed E-state index contributed by atoms with van der Waals surface area (Å²) in [6, 6.07) is 12.0. The molecular formula is C28H8Cl8N2O5. The highest BCUT2D eigenvalue weighted by molar-refractivity contribution is 6.57. The number of halogens is 8. The van der Waals surface area contributed by atoms with E-state index in [1.165, 1.54) is 48.5 Å². The number of hydrogen-bond acceptors (Lipinski definition) is 5. The van der Waals surface area contributed by atoms with Gasteiger partial charge in [-0.3, -0.25) is 19.2 Å². The minimum atomic E-state index is -0.713. The van der Waals surface area contributed by atoms with Crippen molar-refractivity contribution >= 4 is 128 Å². The summed E-state index contributed by atoms with van der Waals surface area (Å²) in [4.78, 5) is 54.2. The number of imide groups is 2. The Kier molecular flexibility index (Phi) is 7.77. The normalized spacial score (nSPS) is 14.1. The number of carbonyl (C=O) groups is 4. The molecule has 6 rings (SSSR count). The van der Waals surface area contributed by atoms with Gasteiger partial charge in [-0.15, -0.1) is 0 Å². The fourth-order valence-electron chi connectivity index (χ4n) is 4.63. The maximum atomic E-state index is 13.1. The van der Waals surface area contributed by atoms with Crippen molar-refractivity contribution in [3.8, 4) is 11.5 Å². The van der Waals surface area contributed by atoms with E-state index < -0.39 is 23.6 Å². The lowest BCUT2D eigenvalue weighted by molar-refractivity contribution is 0.0910. The third-order valence-corrected chi connectivity index (χ3v) is 10.2. The smallest absolute Gasteiger partial charge is 0.267 e. The third kappa shape index (κ3) is 4.57. The topological polar surface area (TPSA) is 84.0 Å². The highest BCUT2D eigenvalue weighted by Gasteiger charge is 2.43. The number of ether oxygens (including phenoxy) is 1. The first-order chi connectivity index (χ1) is 20.3. The maximum absolute atomic E-state index is 13.1. The molecular weight excluding hydrogens is 728 g/mol. The number of fused-ring (bicyclic) bond motifs is 2. The molecule has 2 heterocycles. The molecule has 0 aliphatic carbocycles. The Balaban J connectivity index is 1.22. The molecule has 0 saturated carbocycles. The highest BCUT2D eigenvalue weighted by Crippen LogP contribution is 2.47. The summed E-state index contributed by atoms with van der Waals surface area (Å²) in [6.07, 6.45) is 0. The van der Waals surface area contributed by atoms with E-state index in [-0.39, 0.29) is 73.8 Å². The number of nitrogens with zero attached hydrogens (tertiary/aromatic N) is 2. The Bertz CT molecular complexity index is 1730. The van der Waals surface area contributed by atoms with Gasteiger partial charge in [0.25, 0.3) is 23.6 Å². The third-order valence-electron chi connectivity index (χ3n) is 6.63. The van der Waals surface area contributed by atoms with Crippen LogP contribution < -0.4 is 14.5 Å². The summed E-state index contributed by atoms with van der Waals surface area (Å²) in [7, 11) is 0. The van der Waals surface area contributed by atoms with Crippen LogP contribution in [0.4, 0.5) is 11.4 Å². The van der Waals surface area contributed by atoms with Crippen LogP contribution in [0.1, 0.15) is 41.4 Å². The Morgan fingerprint density at radius 2 is 0.605 bits per heavy atom. The van der Waals surface area contributed by atoms with Crippen LogP contribution in [0.25, 0.3) is 0 Å². The van der Waals surface area contributed by atoms with Crippen molar-refractivity contribution in [2.24, 2.45) is 0 Å². The molecule has 4 aromatic carbocycles. The zero-order valence-corrected chi connectivity index (χ0v) is 26.6. The fourth-order valence-corrected chi connectivity index (χ4v) is 6.66. The van der Waals surface area contributed by atoms with Crippen LogP contribution in [0.15, 0.2) is 48.5 Å². The summed E-state index contributed by atoms with van der Waals surface area (Å²) < 4.78 is 5.85. The second-order valence-corrected chi connectivity index (χ2v) is 12.0. The molecule has 0 N–H and O–H groups in total. The van der Waals surface area contributed by atoms with Gasteiger partial charge in [0.2, 0.25) is 0 Å². The van der Waals surface area contributed by atoms with Gasteiger partial charge < -0.3 is 4.74 Å². The average molecular weight is 736 g/mol. The van der Waals surface area contributed by atoms with Crippen molar-refractivity contribution in [2.75, 3.05) is 9.80 Å². The lowest BCUT2D eigenvalue weighted by Crippen LogP contribution is -2.29. The summed E-state index contributed by atoms with van der Waals surface area (Å²) >= 11 is 49.1. The van der Waals surface area contributed by atoms with E-state index in [1.54, 1.807) is 0 Å². The van der Waals surface area contributed by atoms with Crippen LogP contribution >= 0.6 is 92.8 Å². The van der Waals surface area contributed by atoms with Crippen molar-refractivity contribution < 1.29 is 23.9 Å². The molecule has 0 fully saturated rings. The molecule has 2 aliphatic heterocycles. The number of hydrogen-bond donors (Lipinski definition) is 0. The molecule has 7 nitrogen and oxygen atoms in total. The molecule has 0 atom stereocenters. The lowest BCUT2D eigenvalue weighted by atomic mass is 10.1. The number of amides is 4. The molecule has 15 heteroatoms. The molecule has 0 bridgehead atoms. The Hall–Kier alpha value is -2.72. The van der Waals surface area contributed by atoms with E-state index in [1.807, 2.05) is 0 Å². The summed E-state index contributed by atoms with van der Waals surface area (Å²) in [5.41, 5.74) is -0.117. The lowest BCUT2D eigenvalue weighted by Gasteiger charge is -2.16. The zero-order chi connectivity index (χ0) is 31.1. The van der Waals surface area contributed by atoms with Crippen LogP contribution in [0, 0.1) is 0 Å². The second-order valence-electron chi connectivity index (χ2n) is 8.99. The van der Waals surface area contributed by atoms with Gasteiger partial charge in [-0.05, 0) is 48.5 Å². The number of carbonyl (C=O) groups excluding carboxylic acids is 4. The van der Waals surface area contributed by atoms with Gasteiger partial charge in [-0.25, -0.2) is 9.80 Å². The molecule has 2 aliphatic rings. The Morgan fingerprint density at radius 1 is 0.372 bits per heavy atom. The molecule has 43 heavy (non-hydrogen) atoms. The number of rotatable bonds is 4. The highest BCUT2D eigenvalue weighted by atomic mass is 35.5. The van der Waals surface area contributed by atoms with Crippen LogP contribution in [-0.4, -0.2) is 23.6 Å². The van der Waals surface area contributed by atoms with Crippen molar-refractivity contribution in [2.45, 2.75) is 0 Å². The van der Waals surface area contributed by atoms with Crippen molar-refractivity contribution in [3.63, 3.8) is 0 Å². The minimum absolute atomic E-state index is 0.130. The molecule has 0 radical (unpaired) electrons. The van der Waals surface area contributed by atoms with E-state index in [0.717, 1.165) is 9.80 Å². The van der Waals surface area contributed by atoms with Gasteiger partial charge >= 0.3 is 0 Å². The van der Waals surface area contributed by atoms with Gasteiger partial charge in [-0.2, -0.15) is 0 Å². The van der Waals surface area contributed by atoms with Crippen LogP contribution in [0.5, 0.6) is 11.5 Å². The van der Waals surface area contributed by atoms with E-state index >= 15 is 0 Å². The van der Waals surface area contributed by atoms with E-state index in [9.17, 15) is 19.2 Å². The predicted molar refractivity (Wildman–Crippen MR) is 168 cm³/mol. The first-order valence-electron chi connectivity index (χ1n) is 11.7. The first kappa shape index (κ1) is 30.3. The summed E-state index contributed by atoms with van der Waals surface area (Å²) in [5, 5.41) is -1.21. The maximum Gasteiger partial charge on any atom is 0.267 e. The van der Waals surface area contributed by atoms with E-state index in [4.69, 9.17) is 97.5 Å². The first-order valence-corrected chi connectivity index (χ1v) is 14.7. The fraction of sp³-hybridized carbons (Fsp3) is 0. The predicted octanol–water partition coefficient (Wildman–Crippen LogP) is 10.3. The Morgan fingerprint density at radius 3 is 0.837 bits per heavy atom. The number of benzene rings is 4. The molecule has 0 aromatic heterocycles. The summed E-state index contributed by atoms with van der Waals surface area (Å²) in [6.45, 7) is 0. The summed E-state index contributed by atoms with van der Waals surface area (Å²) in [5.74, 6) is -2.16. The molecule has 216 valence electrons. The molecule has 4 amide bonds. The monoisotopic (exact) mass is 732 g/mol. The van der Waals surface area contributed by atoms with Crippen LogP contribution in [-0.2, 0) is 0 Å². The SMILES string of the molecule is O=C1c2c(Cl)c(Cl)c(Cl)c(Cl)c2C(=O)N1c1ccc(Oc2ccc(N3C(=O)c4c(Cl)c(Cl)c(Cl)c(Cl)c4C3=O)cc2)cc1. The van der Waals surface area contributed by atoms with Crippen LogP contribution in [0.3, 0.4) is 0 Å². The molecule has 0 saturated heterocycles. The van der Waals surface area contributed by atoms with Gasteiger partial charge in [0.15, 0.2) is 0 Å². The van der Waals surface area contributed by atoms with Crippen LogP contribution in [0.2, 0.25) is 40.2 Å². The number of anilines is 2. The van der Waals surface area contributed by atoms with Gasteiger partial charge in [-0.1, -0.05) is 92.8 Å². The van der Waals surface area contributed by atoms with Crippen molar-refractivity contribution in [3.05, 3.63) is 111 Å². The molecule has 4 aromatic rings. The Labute approximate surface area is 282 Å². The van der Waals surface area contributed by atoms with E-state index in [2.05, 4.69) is 0 Å². The largest absolute Gasteiger partial charge is 0.457 e. The minimum Gasteiger partial charge on any atom is -0.457 e. The molecule has 0 unspecified atom stereocenters. The van der Waals surface area contributed by atoms with E-state index in [0.29, 0.717) is 11.5 Å². The molecule has 0 spiro atoms. The average Bonchev–Trinajstić information content (AvgIpc) is 3.41. The van der Waals surface area contributed by atoms with Crippen molar-refractivity contribution in [1.29, 1.82) is 0 Å². The van der Waals surface area contributed by atoms with Gasteiger partial charge in [0.1, 0.15) is 11.5 Å². The zero-order valence-electron chi connectivity index (χ0n) is 20.6. The van der Waals surface area contributed by atoms with Crippen molar-refractivity contribution in [1.82, 2.24) is 0 Å². The quantitative estimate of drug-likeness (QED) is 0.118. The van der Waals surface area contributed by atoms with Gasteiger partial charge in [0, 0.05) is 0 Å². The standard InChI is InChI=1S/C28H8Cl8N2O5/c29-17-13-14(18(30)22(34)21(17)33)26(40)37(25(13)39)9-1-5-11(6-2-9)43-12-7-3-10(4-8-12)38-27(41)15-16(28(38)42)20(32)24(36)23(35)19(15)31/h1-8H. The van der Waals surface area contributed by atoms with Gasteiger partial charge in [0.05, 0.1) is 73.8 Å². The second kappa shape index (κ2) is 11.0.